The molecule has 0 saturated carbocycles. The number of hydrogen-bond acceptors (Lipinski definition) is 5. The molecule has 1 aliphatic rings. The predicted octanol–water partition coefficient (Wildman–Crippen LogP) is 0.153. The summed E-state index contributed by atoms with van der Waals surface area (Å²) >= 11 is 0. The summed E-state index contributed by atoms with van der Waals surface area (Å²) in [7, 11) is 2.01. The SMILES string of the molecule is CNCC1CCN(CCc2ncno2)C1. The zero-order valence-corrected chi connectivity index (χ0v) is 9.15. The number of nitrogens with zero attached hydrogens (tertiary/aromatic N) is 3. The van der Waals surface area contributed by atoms with E-state index in [1.807, 2.05) is 7.05 Å². The highest BCUT2D eigenvalue weighted by Crippen LogP contribution is 2.15. The van der Waals surface area contributed by atoms with Crippen LogP contribution in [0.5, 0.6) is 0 Å². The van der Waals surface area contributed by atoms with Gasteiger partial charge in [-0.1, -0.05) is 5.16 Å². The summed E-state index contributed by atoms with van der Waals surface area (Å²) in [6.07, 6.45) is 3.63. The molecule has 1 aromatic heterocycles. The minimum atomic E-state index is 0.743. The quantitative estimate of drug-likeness (QED) is 0.750. The van der Waals surface area contributed by atoms with E-state index in [-0.39, 0.29) is 0 Å². The Morgan fingerprint density at radius 3 is 3.33 bits per heavy atom. The van der Waals surface area contributed by atoms with Gasteiger partial charge >= 0.3 is 0 Å². The number of aromatic nitrogens is 2. The normalized spacial score (nSPS) is 22.3. The predicted molar refractivity (Wildman–Crippen MR) is 56.5 cm³/mol. The number of hydrogen-bond donors (Lipinski definition) is 1. The molecule has 0 radical (unpaired) electrons. The fourth-order valence-corrected chi connectivity index (χ4v) is 2.13. The molecule has 1 atom stereocenters. The van der Waals surface area contributed by atoms with E-state index in [0.717, 1.165) is 31.3 Å². The molecule has 84 valence electrons. The van der Waals surface area contributed by atoms with Crippen molar-refractivity contribution in [3.05, 3.63) is 12.2 Å². The van der Waals surface area contributed by atoms with Crippen LogP contribution in [0.25, 0.3) is 0 Å². The molecule has 0 aliphatic carbocycles. The Bertz CT molecular complexity index is 275. The highest BCUT2D eigenvalue weighted by atomic mass is 16.5. The summed E-state index contributed by atoms with van der Waals surface area (Å²) in [5.41, 5.74) is 0. The van der Waals surface area contributed by atoms with E-state index >= 15 is 0 Å². The molecule has 1 aliphatic heterocycles. The number of rotatable bonds is 5. The van der Waals surface area contributed by atoms with Gasteiger partial charge in [0.2, 0.25) is 5.89 Å². The Morgan fingerprint density at radius 2 is 2.60 bits per heavy atom. The molecule has 0 spiro atoms. The fourth-order valence-electron chi connectivity index (χ4n) is 2.13. The minimum Gasteiger partial charge on any atom is -0.340 e. The Kier molecular flexibility index (Phi) is 3.69. The van der Waals surface area contributed by atoms with Crippen LogP contribution in [-0.2, 0) is 6.42 Å². The van der Waals surface area contributed by atoms with Crippen LogP contribution in [0, 0.1) is 5.92 Å². The third-order valence-electron chi connectivity index (χ3n) is 2.91. The van der Waals surface area contributed by atoms with Crippen LogP contribution in [0.1, 0.15) is 12.3 Å². The Balaban J connectivity index is 1.69. The van der Waals surface area contributed by atoms with E-state index in [1.165, 1.54) is 25.8 Å². The molecular formula is C10H18N4O. The summed E-state index contributed by atoms with van der Waals surface area (Å²) < 4.78 is 4.97. The molecule has 5 heteroatoms. The summed E-state index contributed by atoms with van der Waals surface area (Å²) in [6.45, 7) is 4.54. The first-order valence-electron chi connectivity index (χ1n) is 5.51. The lowest BCUT2D eigenvalue weighted by Gasteiger charge is -2.14. The van der Waals surface area contributed by atoms with E-state index in [9.17, 15) is 0 Å². The maximum absolute atomic E-state index is 4.97. The third-order valence-corrected chi connectivity index (χ3v) is 2.91. The zero-order valence-electron chi connectivity index (χ0n) is 9.15. The highest BCUT2D eigenvalue weighted by Gasteiger charge is 2.21. The van der Waals surface area contributed by atoms with Crippen molar-refractivity contribution in [3.8, 4) is 0 Å². The van der Waals surface area contributed by atoms with E-state index < -0.39 is 0 Å². The molecule has 1 unspecified atom stereocenters. The van der Waals surface area contributed by atoms with E-state index in [1.54, 1.807) is 0 Å². The van der Waals surface area contributed by atoms with Crippen LogP contribution in [0.3, 0.4) is 0 Å². The molecule has 1 aromatic rings. The van der Waals surface area contributed by atoms with Gasteiger partial charge in [-0.15, -0.1) is 0 Å². The molecule has 5 nitrogen and oxygen atoms in total. The van der Waals surface area contributed by atoms with Crippen LogP contribution in [0.15, 0.2) is 10.9 Å². The summed E-state index contributed by atoms with van der Waals surface area (Å²) in [5.74, 6) is 1.55. The molecule has 0 bridgehead atoms. The lowest BCUT2D eigenvalue weighted by molar-refractivity contribution is 0.301. The Hall–Kier alpha value is -0.940. The van der Waals surface area contributed by atoms with Gasteiger partial charge in [0.05, 0.1) is 0 Å². The monoisotopic (exact) mass is 210 g/mol. The van der Waals surface area contributed by atoms with E-state index in [4.69, 9.17) is 4.52 Å². The van der Waals surface area contributed by atoms with Crippen LogP contribution >= 0.6 is 0 Å². The van der Waals surface area contributed by atoms with E-state index in [0.29, 0.717) is 0 Å². The van der Waals surface area contributed by atoms with Crippen LogP contribution < -0.4 is 5.32 Å². The first-order valence-corrected chi connectivity index (χ1v) is 5.51. The number of nitrogens with one attached hydrogen (secondary N) is 1. The standard InChI is InChI=1S/C10H18N4O/c1-11-6-9-2-4-14(7-9)5-3-10-12-8-13-15-10/h8-9,11H,2-7H2,1H3. The van der Waals surface area contributed by atoms with Gasteiger partial charge in [-0.3, -0.25) is 0 Å². The van der Waals surface area contributed by atoms with Crippen molar-refractivity contribution in [2.75, 3.05) is 33.2 Å². The van der Waals surface area contributed by atoms with Gasteiger partial charge in [0.1, 0.15) is 0 Å². The van der Waals surface area contributed by atoms with Crippen molar-refractivity contribution < 1.29 is 4.52 Å². The average Bonchev–Trinajstić information content (AvgIpc) is 2.85. The average molecular weight is 210 g/mol. The van der Waals surface area contributed by atoms with Gasteiger partial charge in [0.25, 0.3) is 0 Å². The molecule has 0 aromatic carbocycles. The van der Waals surface area contributed by atoms with Gasteiger partial charge in [-0.05, 0) is 32.5 Å². The second kappa shape index (κ2) is 5.23. The molecule has 15 heavy (non-hydrogen) atoms. The first kappa shape index (κ1) is 10.6. The molecule has 1 fully saturated rings. The smallest absolute Gasteiger partial charge is 0.227 e. The largest absolute Gasteiger partial charge is 0.340 e. The van der Waals surface area contributed by atoms with Crippen molar-refractivity contribution in [1.29, 1.82) is 0 Å². The lowest BCUT2D eigenvalue weighted by Crippen LogP contribution is -2.26. The van der Waals surface area contributed by atoms with Crippen LogP contribution in [0.4, 0.5) is 0 Å². The fraction of sp³-hybridized carbons (Fsp3) is 0.800. The summed E-state index contributed by atoms with van der Waals surface area (Å²) in [6, 6.07) is 0. The van der Waals surface area contributed by atoms with Gasteiger partial charge in [-0.25, -0.2) is 0 Å². The zero-order chi connectivity index (χ0) is 10.5. The molecule has 2 heterocycles. The summed E-state index contributed by atoms with van der Waals surface area (Å²) in [5, 5.41) is 6.83. The molecule has 1 saturated heterocycles. The van der Waals surface area contributed by atoms with Gasteiger partial charge in [0.15, 0.2) is 6.33 Å². The molecule has 1 N–H and O–H groups in total. The molecule has 0 amide bonds. The van der Waals surface area contributed by atoms with Crippen LogP contribution in [-0.4, -0.2) is 48.3 Å². The maximum atomic E-state index is 4.97. The summed E-state index contributed by atoms with van der Waals surface area (Å²) in [4.78, 5) is 6.48. The second-order valence-electron chi connectivity index (χ2n) is 4.10. The molecule has 2 rings (SSSR count). The van der Waals surface area contributed by atoms with Crippen molar-refractivity contribution in [3.63, 3.8) is 0 Å². The number of likely N-dealkylation sites (tertiary alicyclic amines) is 1. The lowest BCUT2D eigenvalue weighted by atomic mass is 10.1. The van der Waals surface area contributed by atoms with Gasteiger partial charge in [0, 0.05) is 19.5 Å². The third kappa shape index (κ3) is 3.00. The molecular weight excluding hydrogens is 192 g/mol. The van der Waals surface area contributed by atoms with Crippen molar-refractivity contribution in [2.45, 2.75) is 12.8 Å². The topological polar surface area (TPSA) is 54.2 Å². The van der Waals surface area contributed by atoms with Crippen molar-refractivity contribution >= 4 is 0 Å². The van der Waals surface area contributed by atoms with Crippen LogP contribution in [0.2, 0.25) is 0 Å². The van der Waals surface area contributed by atoms with Gasteiger partial charge in [-0.2, -0.15) is 4.98 Å². The van der Waals surface area contributed by atoms with Gasteiger partial charge < -0.3 is 14.7 Å². The minimum absolute atomic E-state index is 0.743. The Labute approximate surface area is 89.8 Å². The van der Waals surface area contributed by atoms with E-state index in [2.05, 4.69) is 20.4 Å². The Morgan fingerprint density at radius 1 is 1.67 bits per heavy atom. The second-order valence-corrected chi connectivity index (χ2v) is 4.10. The first-order chi connectivity index (χ1) is 7.38. The maximum Gasteiger partial charge on any atom is 0.227 e. The van der Waals surface area contributed by atoms with Crippen molar-refractivity contribution in [2.24, 2.45) is 5.92 Å². The highest BCUT2D eigenvalue weighted by molar-refractivity contribution is 4.81. The van der Waals surface area contributed by atoms with Crippen molar-refractivity contribution in [1.82, 2.24) is 20.4 Å².